The second-order valence-corrected chi connectivity index (χ2v) is 5.57. The van der Waals surface area contributed by atoms with Crippen molar-refractivity contribution in [3.8, 4) is 0 Å². The van der Waals surface area contributed by atoms with Gasteiger partial charge in [-0.15, -0.1) is 0 Å². The van der Waals surface area contributed by atoms with Gasteiger partial charge in [-0.2, -0.15) is 0 Å². The van der Waals surface area contributed by atoms with E-state index in [4.69, 9.17) is 4.42 Å². The molecule has 4 nitrogen and oxygen atoms in total. The highest BCUT2D eigenvalue weighted by atomic mass is 16.3. The molecule has 0 bridgehead atoms. The van der Waals surface area contributed by atoms with Gasteiger partial charge in [-0.05, 0) is 44.7 Å². The van der Waals surface area contributed by atoms with Gasteiger partial charge in [0, 0.05) is 17.8 Å². The summed E-state index contributed by atoms with van der Waals surface area (Å²) in [5, 5.41) is 3.39. The topological polar surface area (TPSA) is 43.0 Å². The molecule has 1 aliphatic carbocycles. The van der Waals surface area contributed by atoms with Crippen LogP contribution in [0.5, 0.6) is 0 Å². The Morgan fingerprint density at radius 1 is 1.35 bits per heavy atom. The van der Waals surface area contributed by atoms with Gasteiger partial charge in [-0.3, -0.25) is 0 Å². The summed E-state index contributed by atoms with van der Waals surface area (Å²) in [7, 11) is 0. The Balaban J connectivity index is 1.64. The molecule has 0 spiro atoms. The SMILES string of the molecule is CCCNCc1coc(Cn2cnc3c2CCCC3)c1. The van der Waals surface area contributed by atoms with E-state index in [0.717, 1.165) is 44.7 Å². The van der Waals surface area contributed by atoms with E-state index in [1.54, 1.807) is 0 Å². The van der Waals surface area contributed by atoms with Crippen LogP contribution in [0.1, 0.15) is 48.9 Å². The normalized spacial score (nSPS) is 14.4. The van der Waals surface area contributed by atoms with Crippen molar-refractivity contribution >= 4 is 0 Å². The lowest BCUT2D eigenvalue weighted by atomic mass is 10.0. The summed E-state index contributed by atoms with van der Waals surface area (Å²) in [6.07, 6.45) is 9.83. The second kappa shape index (κ2) is 6.27. The Morgan fingerprint density at radius 2 is 2.25 bits per heavy atom. The Hall–Kier alpha value is -1.55. The van der Waals surface area contributed by atoms with Crippen molar-refractivity contribution in [2.45, 2.75) is 52.1 Å². The summed E-state index contributed by atoms with van der Waals surface area (Å²) in [6, 6.07) is 2.15. The number of fused-ring (bicyclic) bond motifs is 1. The summed E-state index contributed by atoms with van der Waals surface area (Å²) < 4.78 is 7.92. The molecule has 0 fully saturated rings. The number of imidazole rings is 1. The van der Waals surface area contributed by atoms with Crippen molar-refractivity contribution in [3.05, 3.63) is 41.4 Å². The third-order valence-corrected chi connectivity index (χ3v) is 3.90. The molecule has 0 atom stereocenters. The zero-order valence-electron chi connectivity index (χ0n) is 12.2. The van der Waals surface area contributed by atoms with Gasteiger partial charge in [0.05, 0.1) is 24.8 Å². The van der Waals surface area contributed by atoms with Gasteiger partial charge in [0.25, 0.3) is 0 Å². The van der Waals surface area contributed by atoms with Crippen LogP contribution in [-0.4, -0.2) is 16.1 Å². The van der Waals surface area contributed by atoms with Crippen molar-refractivity contribution < 1.29 is 4.42 Å². The van der Waals surface area contributed by atoms with Crippen molar-refractivity contribution in [2.75, 3.05) is 6.54 Å². The molecule has 20 heavy (non-hydrogen) atoms. The smallest absolute Gasteiger partial charge is 0.123 e. The molecule has 0 radical (unpaired) electrons. The Morgan fingerprint density at radius 3 is 3.15 bits per heavy atom. The van der Waals surface area contributed by atoms with E-state index >= 15 is 0 Å². The Bertz CT molecular complexity index is 556. The summed E-state index contributed by atoms with van der Waals surface area (Å²) in [5.41, 5.74) is 3.91. The van der Waals surface area contributed by atoms with Gasteiger partial charge in [0.15, 0.2) is 0 Å². The first kappa shape index (κ1) is 13.4. The molecule has 1 aliphatic rings. The lowest BCUT2D eigenvalue weighted by Crippen LogP contribution is -2.13. The quantitative estimate of drug-likeness (QED) is 0.823. The molecule has 2 aromatic heterocycles. The number of nitrogens with zero attached hydrogens (tertiary/aromatic N) is 2. The molecule has 0 aliphatic heterocycles. The van der Waals surface area contributed by atoms with Crippen LogP contribution in [0.3, 0.4) is 0 Å². The van der Waals surface area contributed by atoms with E-state index in [0.29, 0.717) is 0 Å². The predicted molar refractivity (Wildman–Crippen MR) is 78.7 cm³/mol. The van der Waals surface area contributed by atoms with Crippen molar-refractivity contribution in [3.63, 3.8) is 0 Å². The van der Waals surface area contributed by atoms with Crippen LogP contribution in [-0.2, 0) is 25.9 Å². The maximum atomic E-state index is 5.67. The third kappa shape index (κ3) is 2.96. The van der Waals surface area contributed by atoms with Crippen LogP contribution in [0.4, 0.5) is 0 Å². The highest BCUT2D eigenvalue weighted by Gasteiger charge is 2.15. The molecule has 3 rings (SSSR count). The second-order valence-electron chi connectivity index (χ2n) is 5.57. The van der Waals surface area contributed by atoms with Gasteiger partial charge in [-0.1, -0.05) is 6.92 Å². The first-order valence-electron chi connectivity index (χ1n) is 7.66. The van der Waals surface area contributed by atoms with Gasteiger partial charge in [-0.25, -0.2) is 4.98 Å². The summed E-state index contributed by atoms with van der Waals surface area (Å²) in [5.74, 6) is 1.02. The first-order valence-corrected chi connectivity index (χ1v) is 7.66. The lowest BCUT2D eigenvalue weighted by Gasteiger charge is -2.13. The lowest BCUT2D eigenvalue weighted by molar-refractivity contribution is 0.484. The van der Waals surface area contributed by atoms with E-state index < -0.39 is 0 Å². The minimum atomic E-state index is 0.802. The molecule has 4 heteroatoms. The van der Waals surface area contributed by atoms with Crippen LogP contribution in [0.2, 0.25) is 0 Å². The van der Waals surface area contributed by atoms with Crippen LogP contribution < -0.4 is 5.32 Å². The van der Waals surface area contributed by atoms with E-state index in [1.165, 1.54) is 29.8 Å². The summed E-state index contributed by atoms with van der Waals surface area (Å²) in [4.78, 5) is 4.53. The maximum Gasteiger partial charge on any atom is 0.123 e. The fraction of sp³-hybridized carbons (Fsp3) is 0.562. The number of aryl methyl sites for hydroxylation is 1. The molecule has 0 saturated heterocycles. The average molecular weight is 273 g/mol. The van der Waals surface area contributed by atoms with Crippen LogP contribution in [0.15, 0.2) is 23.1 Å². The standard InChI is InChI=1S/C16H23N3O/c1-2-7-17-9-13-8-14(20-11-13)10-19-12-18-15-5-3-4-6-16(15)19/h8,11-12,17H,2-7,9-10H2,1H3. The molecule has 1 N–H and O–H groups in total. The van der Waals surface area contributed by atoms with Gasteiger partial charge >= 0.3 is 0 Å². The van der Waals surface area contributed by atoms with Crippen LogP contribution in [0.25, 0.3) is 0 Å². The predicted octanol–water partition coefficient (Wildman–Crippen LogP) is 2.90. The fourth-order valence-corrected chi connectivity index (χ4v) is 2.85. The molecule has 0 saturated carbocycles. The molecular formula is C16H23N3O. The van der Waals surface area contributed by atoms with Gasteiger partial charge in [0.2, 0.25) is 0 Å². The number of nitrogens with one attached hydrogen (secondary N) is 1. The Kier molecular flexibility index (Phi) is 4.21. The molecule has 0 amide bonds. The van der Waals surface area contributed by atoms with Crippen LogP contribution in [0, 0.1) is 0 Å². The fourth-order valence-electron chi connectivity index (χ4n) is 2.85. The van der Waals surface area contributed by atoms with E-state index in [1.807, 2.05) is 12.6 Å². The number of aromatic nitrogens is 2. The molecule has 0 aromatic carbocycles. The Labute approximate surface area is 120 Å². The number of rotatable bonds is 6. The minimum absolute atomic E-state index is 0.802. The molecule has 2 heterocycles. The first-order chi connectivity index (χ1) is 9.86. The van der Waals surface area contributed by atoms with E-state index in [-0.39, 0.29) is 0 Å². The zero-order valence-corrected chi connectivity index (χ0v) is 12.2. The number of furan rings is 1. The third-order valence-electron chi connectivity index (χ3n) is 3.90. The highest BCUT2D eigenvalue weighted by Crippen LogP contribution is 2.21. The zero-order chi connectivity index (χ0) is 13.8. The van der Waals surface area contributed by atoms with Crippen molar-refractivity contribution in [1.82, 2.24) is 14.9 Å². The summed E-state index contributed by atoms with van der Waals surface area (Å²) in [6.45, 7) is 4.92. The molecule has 0 unspecified atom stereocenters. The largest absolute Gasteiger partial charge is 0.467 e. The minimum Gasteiger partial charge on any atom is -0.467 e. The molecular weight excluding hydrogens is 250 g/mol. The average Bonchev–Trinajstić information content (AvgIpc) is 3.08. The monoisotopic (exact) mass is 273 g/mol. The molecule has 2 aromatic rings. The molecule has 108 valence electrons. The highest BCUT2D eigenvalue weighted by molar-refractivity contribution is 5.19. The summed E-state index contributed by atoms with van der Waals surface area (Å²) >= 11 is 0. The number of hydrogen-bond acceptors (Lipinski definition) is 3. The van der Waals surface area contributed by atoms with E-state index in [9.17, 15) is 0 Å². The van der Waals surface area contributed by atoms with E-state index in [2.05, 4.69) is 27.9 Å². The van der Waals surface area contributed by atoms with Gasteiger partial charge in [0.1, 0.15) is 5.76 Å². The maximum absolute atomic E-state index is 5.67. The van der Waals surface area contributed by atoms with Gasteiger partial charge < -0.3 is 14.3 Å². The number of hydrogen-bond donors (Lipinski definition) is 1. The van der Waals surface area contributed by atoms with Crippen molar-refractivity contribution in [1.29, 1.82) is 0 Å². The van der Waals surface area contributed by atoms with Crippen molar-refractivity contribution in [2.24, 2.45) is 0 Å². The van der Waals surface area contributed by atoms with Crippen LogP contribution >= 0.6 is 0 Å².